The first-order valence-electron chi connectivity index (χ1n) is 11.0. The van der Waals surface area contributed by atoms with E-state index in [1.165, 1.54) is 11.1 Å². The molecule has 2 aromatic carbocycles. The van der Waals surface area contributed by atoms with Gasteiger partial charge in [0.05, 0.1) is 25.5 Å². The highest BCUT2D eigenvalue weighted by atomic mass is 79.9. The van der Waals surface area contributed by atoms with Crippen LogP contribution in [0.25, 0.3) is 6.08 Å². The molecule has 0 spiro atoms. The molecule has 0 bridgehead atoms. The van der Waals surface area contributed by atoms with Crippen molar-refractivity contribution >= 4 is 57.0 Å². The van der Waals surface area contributed by atoms with Crippen LogP contribution < -0.4 is 19.9 Å². The predicted octanol–water partition coefficient (Wildman–Crippen LogP) is 3.20. The van der Waals surface area contributed by atoms with Crippen LogP contribution in [0.1, 0.15) is 12.5 Å². The minimum absolute atomic E-state index is 0.0655. The summed E-state index contributed by atoms with van der Waals surface area (Å²) in [7, 11) is 0. The number of benzene rings is 2. The average molecular weight is 565 g/mol. The van der Waals surface area contributed by atoms with Gasteiger partial charge in [-0.05, 0) is 52.7 Å². The molecule has 0 unspecified atom stereocenters. The van der Waals surface area contributed by atoms with Crippen molar-refractivity contribution in [1.82, 2.24) is 10.3 Å². The van der Waals surface area contributed by atoms with E-state index in [1.807, 2.05) is 6.07 Å². The highest BCUT2D eigenvalue weighted by Crippen LogP contribution is 2.43. The number of hydrogen-bond donors (Lipinski definition) is 1. The van der Waals surface area contributed by atoms with E-state index >= 15 is 0 Å². The highest BCUT2D eigenvalue weighted by Gasteiger charge is 2.35. The van der Waals surface area contributed by atoms with Crippen molar-refractivity contribution in [2.75, 3.05) is 44.5 Å². The zero-order valence-corrected chi connectivity index (χ0v) is 21.2. The first kappa shape index (κ1) is 25.0. The molecule has 2 aromatic rings. The topological polar surface area (TPSA) is 97.4 Å². The fourth-order valence-electron chi connectivity index (χ4n) is 3.62. The Balaban J connectivity index is 1.60. The predicted molar refractivity (Wildman–Crippen MR) is 133 cm³/mol. The molecule has 4 rings (SSSR count). The van der Waals surface area contributed by atoms with Gasteiger partial charge in [0.1, 0.15) is 10.6 Å². The number of carbonyl (C=O) groups is 3. The molecule has 184 valence electrons. The smallest absolute Gasteiger partial charge is 0.282 e. The Labute approximate surface area is 215 Å². The SMILES string of the molecule is CCOc1cc(/C=C2/C(=O)NN(c3ccccc3)C2=O)c(Br)c(Cl)c1OCC(=O)N1CCOCC1. The van der Waals surface area contributed by atoms with Gasteiger partial charge in [-0.15, -0.1) is 0 Å². The van der Waals surface area contributed by atoms with Gasteiger partial charge >= 0.3 is 0 Å². The van der Waals surface area contributed by atoms with Crippen LogP contribution >= 0.6 is 27.5 Å². The third-order valence-electron chi connectivity index (χ3n) is 5.37. The van der Waals surface area contributed by atoms with E-state index in [1.54, 1.807) is 42.2 Å². The third kappa shape index (κ3) is 5.44. The maximum Gasteiger partial charge on any atom is 0.282 e. The number of hydrazine groups is 1. The molecule has 0 radical (unpaired) electrons. The fraction of sp³-hybridized carbons (Fsp3) is 0.292. The van der Waals surface area contributed by atoms with E-state index in [2.05, 4.69) is 21.4 Å². The number of para-hydroxylation sites is 1. The maximum absolute atomic E-state index is 12.9. The lowest BCUT2D eigenvalue weighted by molar-refractivity contribution is -0.137. The summed E-state index contributed by atoms with van der Waals surface area (Å²) in [6.07, 6.45) is 1.43. The van der Waals surface area contributed by atoms with Crippen LogP contribution in [-0.4, -0.2) is 62.1 Å². The molecular formula is C24H23BrClN3O6. The molecule has 11 heteroatoms. The van der Waals surface area contributed by atoms with Gasteiger partial charge in [0.25, 0.3) is 17.7 Å². The number of rotatable bonds is 7. The summed E-state index contributed by atoms with van der Waals surface area (Å²) < 4.78 is 17.1. The highest BCUT2D eigenvalue weighted by molar-refractivity contribution is 9.10. The standard InChI is InChI=1S/C24H23BrClN3O6/c1-2-34-18-13-15(12-17-23(31)27-29(24(17)32)16-6-4-3-5-7-16)20(25)21(26)22(18)35-14-19(30)28-8-10-33-11-9-28/h3-7,12-13H,2,8-11,14H2,1H3,(H,27,31)/b17-12-. The van der Waals surface area contributed by atoms with Crippen molar-refractivity contribution in [3.8, 4) is 11.5 Å². The first-order valence-corrected chi connectivity index (χ1v) is 12.1. The van der Waals surface area contributed by atoms with E-state index in [4.69, 9.17) is 25.8 Å². The number of halogens is 2. The lowest BCUT2D eigenvalue weighted by Crippen LogP contribution is -2.43. The summed E-state index contributed by atoms with van der Waals surface area (Å²) in [4.78, 5) is 39.7. The van der Waals surface area contributed by atoms with E-state index < -0.39 is 11.8 Å². The van der Waals surface area contributed by atoms with Crippen molar-refractivity contribution < 1.29 is 28.6 Å². The Morgan fingerprint density at radius 2 is 1.91 bits per heavy atom. The van der Waals surface area contributed by atoms with Crippen LogP contribution in [-0.2, 0) is 19.1 Å². The first-order chi connectivity index (χ1) is 16.9. The summed E-state index contributed by atoms with van der Waals surface area (Å²) in [6.45, 7) is 3.85. The molecule has 35 heavy (non-hydrogen) atoms. The van der Waals surface area contributed by atoms with E-state index in [9.17, 15) is 14.4 Å². The second kappa shape index (κ2) is 11.1. The monoisotopic (exact) mass is 563 g/mol. The van der Waals surface area contributed by atoms with Gasteiger partial charge in [-0.1, -0.05) is 29.8 Å². The minimum atomic E-state index is -0.545. The van der Waals surface area contributed by atoms with Crippen LogP contribution in [0.15, 0.2) is 46.4 Å². The van der Waals surface area contributed by atoms with Crippen molar-refractivity contribution in [2.24, 2.45) is 0 Å². The second-order valence-electron chi connectivity index (χ2n) is 7.61. The molecule has 2 aliphatic heterocycles. The molecule has 0 aromatic heterocycles. The van der Waals surface area contributed by atoms with Gasteiger partial charge in [0.15, 0.2) is 18.1 Å². The molecule has 9 nitrogen and oxygen atoms in total. The largest absolute Gasteiger partial charge is 0.490 e. The van der Waals surface area contributed by atoms with Gasteiger partial charge < -0.3 is 19.1 Å². The van der Waals surface area contributed by atoms with Crippen LogP contribution in [0, 0.1) is 0 Å². The lowest BCUT2D eigenvalue weighted by atomic mass is 10.1. The van der Waals surface area contributed by atoms with Gasteiger partial charge in [-0.25, -0.2) is 5.01 Å². The van der Waals surface area contributed by atoms with Crippen molar-refractivity contribution in [3.05, 3.63) is 57.0 Å². The Morgan fingerprint density at radius 3 is 2.60 bits per heavy atom. The van der Waals surface area contributed by atoms with Crippen LogP contribution in [0.5, 0.6) is 11.5 Å². The number of anilines is 1. The fourth-order valence-corrected chi connectivity index (χ4v) is 4.28. The number of hydrogen-bond acceptors (Lipinski definition) is 6. The van der Waals surface area contributed by atoms with Crippen molar-refractivity contribution in [3.63, 3.8) is 0 Å². The summed E-state index contributed by atoms with van der Waals surface area (Å²) in [5.74, 6) is -0.761. The molecule has 3 amide bonds. The number of morpholine rings is 1. The molecule has 2 heterocycles. The summed E-state index contributed by atoms with van der Waals surface area (Å²) >= 11 is 10.00. The summed E-state index contributed by atoms with van der Waals surface area (Å²) in [6, 6.07) is 10.4. The number of ether oxygens (including phenoxy) is 3. The van der Waals surface area contributed by atoms with Crippen LogP contribution in [0.3, 0.4) is 0 Å². The second-order valence-corrected chi connectivity index (χ2v) is 8.78. The number of nitrogens with zero attached hydrogens (tertiary/aromatic N) is 2. The molecule has 2 aliphatic rings. The zero-order valence-electron chi connectivity index (χ0n) is 18.9. The molecule has 2 saturated heterocycles. The average Bonchev–Trinajstić information content (AvgIpc) is 3.16. The zero-order chi connectivity index (χ0) is 24.9. The van der Waals surface area contributed by atoms with Gasteiger partial charge in [0, 0.05) is 17.6 Å². The number of amides is 3. The molecular weight excluding hydrogens is 542 g/mol. The Bertz CT molecular complexity index is 1170. The van der Waals surface area contributed by atoms with Crippen molar-refractivity contribution in [2.45, 2.75) is 6.92 Å². The number of carbonyl (C=O) groups excluding carboxylic acids is 3. The van der Waals surface area contributed by atoms with Crippen LogP contribution in [0.4, 0.5) is 5.69 Å². The normalized spacial score (nSPS) is 17.1. The summed E-state index contributed by atoms with van der Waals surface area (Å²) in [5, 5.41) is 1.34. The van der Waals surface area contributed by atoms with Crippen molar-refractivity contribution in [1.29, 1.82) is 0 Å². The van der Waals surface area contributed by atoms with E-state index in [-0.39, 0.29) is 34.6 Å². The third-order valence-corrected chi connectivity index (χ3v) is 6.81. The molecule has 2 fully saturated rings. The molecule has 0 saturated carbocycles. The van der Waals surface area contributed by atoms with Gasteiger partial charge in [-0.3, -0.25) is 19.8 Å². The quantitative estimate of drug-likeness (QED) is 0.410. The molecule has 0 aliphatic carbocycles. The summed E-state index contributed by atoms with van der Waals surface area (Å²) in [5.41, 5.74) is 3.48. The van der Waals surface area contributed by atoms with Gasteiger partial charge in [0.2, 0.25) is 0 Å². The van der Waals surface area contributed by atoms with E-state index in [0.717, 1.165) is 0 Å². The Hall–Kier alpha value is -3.08. The maximum atomic E-state index is 12.9. The number of nitrogens with one attached hydrogen (secondary N) is 1. The minimum Gasteiger partial charge on any atom is -0.490 e. The van der Waals surface area contributed by atoms with Gasteiger partial charge in [-0.2, -0.15) is 0 Å². The Morgan fingerprint density at radius 1 is 1.20 bits per heavy atom. The van der Waals surface area contributed by atoms with E-state index in [0.29, 0.717) is 48.6 Å². The van der Waals surface area contributed by atoms with Crippen LogP contribution in [0.2, 0.25) is 5.02 Å². The molecule has 0 atom stereocenters. The Kier molecular flexibility index (Phi) is 7.94. The lowest BCUT2D eigenvalue weighted by Gasteiger charge is -2.27. The molecule has 1 N–H and O–H groups in total.